The number of hydrogen-bond acceptors (Lipinski definition) is 2. The van der Waals surface area contributed by atoms with Gasteiger partial charge in [-0.15, -0.1) is 0 Å². The van der Waals surface area contributed by atoms with Crippen LogP contribution in [0.3, 0.4) is 0 Å². The Balaban J connectivity index is 2.01. The molecule has 2 aliphatic rings. The minimum absolute atomic E-state index is 0.186. The summed E-state index contributed by atoms with van der Waals surface area (Å²) in [7, 11) is 0. The lowest BCUT2D eigenvalue weighted by molar-refractivity contribution is -0.123. The second-order valence-corrected chi connectivity index (χ2v) is 6.66. The van der Waals surface area contributed by atoms with Gasteiger partial charge >= 0.3 is 0 Å². The van der Waals surface area contributed by atoms with Crippen LogP contribution in [0.2, 0.25) is 0 Å². The lowest BCUT2D eigenvalue weighted by Gasteiger charge is -2.30. The monoisotopic (exact) mass is 258 g/mol. The molecule has 0 aromatic heterocycles. The molecule has 3 heteroatoms. The largest absolute Gasteiger partial charge is 0.310 e. The second-order valence-electron chi connectivity index (χ2n) is 6.66. The Bertz CT molecular complexity index is 517. The molecule has 1 saturated heterocycles. The Kier molecular flexibility index (Phi) is 2.72. The molecular formula is C16H22N2O. The number of anilines is 1. The molecule has 19 heavy (non-hydrogen) atoms. The van der Waals surface area contributed by atoms with Gasteiger partial charge in [0.15, 0.2) is 0 Å². The van der Waals surface area contributed by atoms with Gasteiger partial charge < -0.3 is 10.2 Å². The standard InChI is InChI=1S/C16H22N2O/c1-12-6-4-5-7-13(12)18-11-16(8-9-16)10-17-15(2,3)14(18)19/h4-7,17H,8-11H2,1-3H3. The number of rotatable bonds is 1. The van der Waals surface area contributed by atoms with E-state index in [2.05, 4.69) is 24.4 Å². The van der Waals surface area contributed by atoms with Gasteiger partial charge in [0.2, 0.25) is 5.91 Å². The predicted octanol–water partition coefficient (Wildman–Crippen LogP) is 2.49. The van der Waals surface area contributed by atoms with Gasteiger partial charge in [-0.25, -0.2) is 0 Å². The number of aryl methyl sites for hydroxylation is 1. The van der Waals surface area contributed by atoms with Crippen molar-refractivity contribution in [1.82, 2.24) is 5.32 Å². The fraction of sp³-hybridized carbons (Fsp3) is 0.562. The van der Waals surface area contributed by atoms with E-state index in [9.17, 15) is 4.79 Å². The maximum Gasteiger partial charge on any atom is 0.246 e. The van der Waals surface area contributed by atoms with Crippen LogP contribution >= 0.6 is 0 Å². The van der Waals surface area contributed by atoms with Crippen molar-refractivity contribution in [3.8, 4) is 0 Å². The van der Waals surface area contributed by atoms with Crippen LogP contribution in [0.1, 0.15) is 32.3 Å². The van der Waals surface area contributed by atoms with Gasteiger partial charge in [0.1, 0.15) is 0 Å². The van der Waals surface area contributed by atoms with Crippen LogP contribution in [-0.2, 0) is 4.79 Å². The number of amides is 1. The topological polar surface area (TPSA) is 32.3 Å². The summed E-state index contributed by atoms with van der Waals surface area (Å²) in [4.78, 5) is 14.8. The molecule has 1 saturated carbocycles. The fourth-order valence-electron chi connectivity index (χ4n) is 2.86. The van der Waals surface area contributed by atoms with Crippen molar-refractivity contribution < 1.29 is 4.79 Å². The summed E-state index contributed by atoms with van der Waals surface area (Å²) < 4.78 is 0. The highest BCUT2D eigenvalue weighted by Crippen LogP contribution is 2.48. The molecule has 2 fully saturated rings. The van der Waals surface area contributed by atoms with Crippen LogP contribution in [0.5, 0.6) is 0 Å². The van der Waals surface area contributed by atoms with Gasteiger partial charge in [0.05, 0.1) is 5.54 Å². The average Bonchev–Trinajstić information content (AvgIpc) is 3.15. The third-order valence-corrected chi connectivity index (χ3v) is 4.54. The first kappa shape index (κ1) is 12.7. The summed E-state index contributed by atoms with van der Waals surface area (Å²) in [6.45, 7) is 7.86. The first-order chi connectivity index (χ1) is 8.94. The lowest BCUT2D eigenvalue weighted by Crippen LogP contribution is -2.51. The Morgan fingerprint density at radius 2 is 1.89 bits per heavy atom. The summed E-state index contributed by atoms with van der Waals surface area (Å²) >= 11 is 0. The average molecular weight is 258 g/mol. The highest BCUT2D eigenvalue weighted by Gasteiger charge is 2.50. The van der Waals surface area contributed by atoms with Crippen molar-refractivity contribution in [1.29, 1.82) is 0 Å². The van der Waals surface area contributed by atoms with Crippen LogP contribution < -0.4 is 10.2 Å². The molecule has 0 bridgehead atoms. The molecule has 1 aromatic rings. The number of hydrogen-bond donors (Lipinski definition) is 1. The molecule has 1 spiro atoms. The third kappa shape index (κ3) is 2.16. The molecule has 3 nitrogen and oxygen atoms in total. The Morgan fingerprint density at radius 1 is 1.21 bits per heavy atom. The maximum atomic E-state index is 12.8. The minimum Gasteiger partial charge on any atom is -0.310 e. The van der Waals surface area contributed by atoms with Crippen molar-refractivity contribution in [2.24, 2.45) is 5.41 Å². The van der Waals surface area contributed by atoms with E-state index in [0.717, 1.165) is 18.8 Å². The van der Waals surface area contributed by atoms with E-state index in [4.69, 9.17) is 0 Å². The third-order valence-electron chi connectivity index (χ3n) is 4.54. The predicted molar refractivity (Wildman–Crippen MR) is 77.3 cm³/mol. The van der Waals surface area contributed by atoms with Crippen LogP contribution in [-0.4, -0.2) is 24.5 Å². The quantitative estimate of drug-likeness (QED) is 0.839. The van der Waals surface area contributed by atoms with E-state index in [1.54, 1.807) is 0 Å². The zero-order valence-corrected chi connectivity index (χ0v) is 12.0. The smallest absolute Gasteiger partial charge is 0.246 e. The molecule has 0 unspecified atom stereocenters. The van der Waals surface area contributed by atoms with Crippen molar-refractivity contribution in [3.63, 3.8) is 0 Å². The summed E-state index contributed by atoms with van der Waals surface area (Å²) in [5.41, 5.74) is 2.07. The number of carbonyl (C=O) groups excluding carboxylic acids is 1. The Hall–Kier alpha value is -1.35. The van der Waals surface area contributed by atoms with E-state index in [0.29, 0.717) is 5.41 Å². The summed E-state index contributed by atoms with van der Waals surface area (Å²) in [6, 6.07) is 8.18. The summed E-state index contributed by atoms with van der Waals surface area (Å²) in [6.07, 6.45) is 2.46. The van der Waals surface area contributed by atoms with E-state index < -0.39 is 5.54 Å². The number of para-hydroxylation sites is 1. The van der Waals surface area contributed by atoms with Crippen LogP contribution in [0.4, 0.5) is 5.69 Å². The number of nitrogens with zero attached hydrogens (tertiary/aromatic N) is 1. The first-order valence-electron chi connectivity index (χ1n) is 7.06. The van der Waals surface area contributed by atoms with E-state index in [1.807, 2.05) is 30.9 Å². The number of carbonyl (C=O) groups is 1. The molecule has 1 aromatic carbocycles. The summed E-state index contributed by atoms with van der Waals surface area (Å²) in [5, 5.41) is 3.45. The lowest BCUT2D eigenvalue weighted by atomic mass is 10.0. The second kappa shape index (κ2) is 4.07. The van der Waals surface area contributed by atoms with Crippen molar-refractivity contribution in [2.45, 2.75) is 39.2 Å². The van der Waals surface area contributed by atoms with Gasteiger partial charge in [-0.3, -0.25) is 4.79 Å². The highest BCUT2D eigenvalue weighted by molar-refractivity contribution is 6.00. The molecule has 1 heterocycles. The fourth-order valence-corrected chi connectivity index (χ4v) is 2.86. The molecule has 1 N–H and O–H groups in total. The molecule has 1 amide bonds. The van der Waals surface area contributed by atoms with Crippen molar-refractivity contribution in [2.75, 3.05) is 18.0 Å². The van der Waals surface area contributed by atoms with E-state index >= 15 is 0 Å². The number of nitrogens with one attached hydrogen (secondary N) is 1. The van der Waals surface area contributed by atoms with E-state index in [1.165, 1.54) is 18.4 Å². The van der Waals surface area contributed by atoms with Crippen LogP contribution in [0.25, 0.3) is 0 Å². The molecular weight excluding hydrogens is 236 g/mol. The van der Waals surface area contributed by atoms with Gasteiger partial charge in [0.25, 0.3) is 0 Å². The van der Waals surface area contributed by atoms with Gasteiger partial charge in [0, 0.05) is 24.2 Å². The van der Waals surface area contributed by atoms with Gasteiger partial charge in [-0.05, 0) is 45.2 Å². The maximum absolute atomic E-state index is 12.8. The molecule has 102 valence electrons. The summed E-state index contributed by atoms with van der Waals surface area (Å²) in [5.74, 6) is 0.186. The van der Waals surface area contributed by atoms with Gasteiger partial charge in [-0.1, -0.05) is 18.2 Å². The van der Waals surface area contributed by atoms with Crippen molar-refractivity contribution in [3.05, 3.63) is 29.8 Å². The molecule has 3 rings (SSSR count). The molecule has 1 aliphatic carbocycles. The highest BCUT2D eigenvalue weighted by atomic mass is 16.2. The minimum atomic E-state index is -0.478. The zero-order valence-electron chi connectivity index (χ0n) is 12.0. The van der Waals surface area contributed by atoms with Gasteiger partial charge in [-0.2, -0.15) is 0 Å². The Labute approximate surface area is 115 Å². The number of benzene rings is 1. The zero-order chi connectivity index (χ0) is 13.7. The first-order valence-corrected chi connectivity index (χ1v) is 7.06. The van der Waals surface area contributed by atoms with Crippen molar-refractivity contribution >= 4 is 11.6 Å². The van der Waals surface area contributed by atoms with Crippen LogP contribution in [0, 0.1) is 12.3 Å². The molecule has 0 atom stereocenters. The Morgan fingerprint density at radius 3 is 2.53 bits per heavy atom. The van der Waals surface area contributed by atoms with Crippen LogP contribution in [0.15, 0.2) is 24.3 Å². The molecule has 1 aliphatic heterocycles. The normalized spacial score (nSPS) is 24.4. The van der Waals surface area contributed by atoms with E-state index in [-0.39, 0.29) is 5.91 Å². The molecule has 0 radical (unpaired) electrons. The SMILES string of the molecule is Cc1ccccc1N1CC2(CC2)CNC(C)(C)C1=O.